The number of amides is 2. The zero-order valence-electron chi connectivity index (χ0n) is 14.7. The zero-order valence-corrected chi connectivity index (χ0v) is 14.7. The number of likely N-dealkylation sites (tertiary alicyclic amines) is 1. The van der Waals surface area contributed by atoms with E-state index >= 15 is 0 Å². The molecule has 3 aromatic rings. The van der Waals surface area contributed by atoms with Gasteiger partial charge in [0.1, 0.15) is 18.5 Å². The first kappa shape index (κ1) is 17.2. The van der Waals surface area contributed by atoms with Gasteiger partial charge in [-0.3, -0.25) is 4.57 Å². The summed E-state index contributed by atoms with van der Waals surface area (Å²) < 4.78 is 17.9. The third-order valence-corrected chi connectivity index (χ3v) is 4.74. The number of carbonyl (C=O) groups excluding carboxylic acids is 1. The van der Waals surface area contributed by atoms with E-state index in [4.69, 9.17) is 0 Å². The molecular weight excluding hydrogens is 349 g/mol. The topological polar surface area (TPSA) is 80.9 Å². The molecule has 1 aliphatic rings. The standard InChI is InChI=1S/C18H20FN7O/c19-16-4-3-15(26-12-21-22-13-26)8-17(16)23-18(27)25-6-1-2-14(10-25)9-24-7-5-20-11-24/h3-5,7-8,11-14H,1-2,6,9-10H2,(H,23,27). The van der Waals surface area contributed by atoms with Crippen LogP contribution in [-0.2, 0) is 6.54 Å². The van der Waals surface area contributed by atoms with Crippen LogP contribution >= 0.6 is 0 Å². The SMILES string of the molecule is O=C(Nc1cc(-n2cnnc2)ccc1F)N1CCCC(Cn2ccnc2)C1. The van der Waals surface area contributed by atoms with Crippen LogP contribution in [0.15, 0.2) is 49.6 Å². The van der Waals surface area contributed by atoms with Crippen LogP contribution in [0.25, 0.3) is 5.69 Å². The number of hydrogen-bond donors (Lipinski definition) is 1. The summed E-state index contributed by atoms with van der Waals surface area (Å²) in [4.78, 5) is 18.5. The van der Waals surface area contributed by atoms with Crippen LogP contribution in [0.5, 0.6) is 0 Å². The summed E-state index contributed by atoms with van der Waals surface area (Å²) in [6.07, 6.45) is 10.5. The van der Waals surface area contributed by atoms with Gasteiger partial charge >= 0.3 is 6.03 Å². The Labute approximate surface area is 155 Å². The number of anilines is 1. The van der Waals surface area contributed by atoms with E-state index in [9.17, 15) is 9.18 Å². The molecule has 2 aromatic heterocycles. The minimum Gasteiger partial charge on any atom is -0.337 e. The molecule has 9 heteroatoms. The van der Waals surface area contributed by atoms with Crippen LogP contribution in [0.3, 0.4) is 0 Å². The van der Waals surface area contributed by atoms with Gasteiger partial charge in [0.05, 0.1) is 17.7 Å². The molecule has 0 saturated carbocycles. The Bertz CT molecular complexity index is 895. The number of urea groups is 1. The number of halogens is 1. The fraction of sp³-hybridized carbons (Fsp3) is 0.333. The molecule has 1 unspecified atom stereocenters. The van der Waals surface area contributed by atoms with E-state index in [-0.39, 0.29) is 11.7 Å². The van der Waals surface area contributed by atoms with Gasteiger partial charge in [-0.2, -0.15) is 0 Å². The van der Waals surface area contributed by atoms with Crippen molar-refractivity contribution in [3.63, 3.8) is 0 Å². The van der Waals surface area contributed by atoms with Gasteiger partial charge in [-0.25, -0.2) is 14.2 Å². The molecule has 3 heterocycles. The van der Waals surface area contributed by atoms with Crippen LogP contribution in [0.4, 0.5) is 14.9 Å². The molecule has 0 radical (unpaired) electrons. The fourth-order valence-electron chi connectivity index (χ4n) is 3.39. The van der Waals surface area contributed by atoms with Gasteiger partial charge in [0.2, 0.25) is 0 Å². The van der Waals surface area contributed by atoms with Gasteiger partial charge in [0, 0.05) is 32.0 Å². The maximum atomic E-state index is 14.2. The minimum absolute atomic E-state index is 0.142. The first-order valence-corrected chi connectivity index (χ1v) is 8.85. The van der Waals surface area contributed by atoms with Crippen LogP contribution in [0.2, 0.25) is 0 Å². The minimum atomic E-state index is -0.479. The number of piperidine rings is 1. The monoisotopic (exact) mass is 369 g/mol. The maximum Gasteiger partial charge on any atom is 0.321 e. The highest BCUT2D eigenvalue weighted by molar-refractivity contribution is 5.89. The van der Waals surface area contributed by atoms with Gasteiger partial charge < -0.3 is 14.8 Å². The molecule has 4 rings (SSSR count). The molecule has 8 nitrogen and oxygen atoms in total. The molecule has 140 valence electrons. The Hall–Kier alpha value is -3.23. The van der Waals surface area contributed by atoms with Crippen molar-refractivity contribution in [2.24, 2.45) is 5.92 Å². The normalized spacial score (nSPS) is 17.1. The molecule has 0 aliphatic carbocycles. The number of imidazole rings is 1. The van der Waals surface area contributed by atoms with Crippen molar-refractivity contribution in [2.45, 2.75) is 19.4 Å². The first-order chi connectivity index (χ1) is 13.2. The Balaban J connectivity index is 1.43. The van der Waals surface area contributed by atoms with Crippen molar-refractivity contribution >= 4 is 11.7 Å². The summed E-state index contributed by atoms with van der Waals surface area (Å²) in [7, 11) is 0. The lowest BCUT2D eigenvalue weighted by molar-refractivity contribution is 0.170. The average molecular weight is 369 g/mol. The van der Waals surface area contributed by atoms with Crippen molar-refractivity contribution < 1.29 is 9.18 Å². The number of aromatic nitrogens is 5. The molecule has 27 heavy (non-hydrogen) atoms. The van der Waals surface area contributed by atoms with Crippen LogP contribution in [-0.4, -0.2) is 48.3 Å². The van der Waals surface area contributed by atoms with E-state index in [1.165, 1.54) is 18.7 Å². The second kappa shape index (κ2) is 7.56. The van der Waals surface area contributed by atoms with Gasteiger partial charge in [-0.05, 0) is 37.0 Å². The lowest BCUT2D eigenvalue weighted by atomic mass is 9.98. The van der Waals surface area contributed by atoms with Gasteiger partial charge in [-0.1, -0.05) is 0 Å². The largest absolute Gasteiger partial charge is 0.337 e. The lowest BCUT2D eigenvalue weighted by Gasteiger charge is -2.33. The number of nitrogens with zero attached hydrogens (tertiary/aromatic N) is 6. The summed E-state index contributed by atoms with van der Waals surface area (Å²) in [6.45, 7) is 2.12. The Kier molecular flexibility index (Phi) is 4.82. The van der Waals surface area contributed by atoms with E-state index in [1.807, 2.05) is 10.8 Å². The highest BCUT2D eigenvalue weighted by Crippen LogP contribution is 2.22. The number of benzene rings is 1. The smallest absolute Gasteiger partial charge is 0.321 e. The van der Waals surface area contributed by atoms with Crippen molar-refractivity contribution in [2.75, 3.05) is 18.4 Å². The molecular formula is C18H20FN7O. The Morgan fingerprint density at radius 3 is 2.89 bits per heavy atom. The average Bonchev–Trinajstić information content (AvgIpc) is 3.38. The molecule has 2 amide bonds. The molecule has 1 aliphatic heterocycles. The van der Waals surface area contributed by atoms with Crippen LogP contribution < -0.4 is 5.32 Å². The second-order valence-corrected chi connectivity index (χ2v) is 6.68. The van der Waals surface area contributed by atoms with E-state index in [0.29, 0.717) is 24.7 Å². The van der Waals surface area contributed by atoms with Crippen molar-refractivity contribution in [1.82, 2.24) is 29.2 Å². The van der Waals surface area contributed by atoms with Crippen molar-refractivity contribution in [1.29, 1.82) is 0 Å². The molecule has 1 N–H and O–H groups in total. The summed E-state index contributed by atoms with van der Waals surface area (Å²) in [5, 5.41) is 10.2. The van der Waals surface area contributed by atoms with Gasteiger partial charge in [0.25, 0.3) is 0 Å². The zero-order chi connectivity index (χ0) is 18.6. The number of rotatable bonds is 4. The summed E-state index contributed by atoms with van der Waals surface area (Å²) in [5.41, 5.74) is 0.816. The maximum absolute atomic E-state index is 14.2. The van der Waals surface area contributed by atoms with Gasteiger partial charge in [0.15, 0.2) is 0 Å². The fourth-order valence-corrected chi connectivity index (χ4v) is 3.39. The quantitative estimate of drug-likeness (QED) is 0.766. The highest BCUT2D eigenvalue weighted by atomic mass is 19.1. The first-order valence-electron chi connectivity index (χ1n) is 8.85. The number of carbonyl (C=O) groups is 1. The molecule has 0 bridgehead atoms. The van der Waals surface area contributed by atoms with E-state index < -0.39 is 5.82 Å². The van der Waals surface area contributed by atoms with E-state index in [1.54, 1.807) is 34.1 Å². The third kappa shape index (κ3) is 3.97. The van der Waals surface area contributed by atoms with Gasteiger partial charge in [-0.15, -0.1) is 10.2 Å². The van der Waals surface area contributed by atoms with E-state index in [2.05, 4.69) is 20.5 Å². The molecule has 1 fully saturated rings. The molecule has 1 aromatic carbocycles. The predicted molar refractivity (Wildman–Crippen MR) is 96.9 cm³/mol. The van der Waals surface area contributed by atoms with Crippen LogP contribution in [0.1, 0.15) is 12.8 Å². The predicted octanol–water partition coefficient (Wildman–Crippen LogP) is 2.55. The van der Waals surface area contributed by atoms with E-state index in [0.717, 1.165) is 19.4 Å². The second-order valence-electron chi connectivity index (χ2n) is 6.68. The Morgan fingerprint density at radius 2 is 2.11 bits per heavy atom. The summed E-state index contributed by atoms with van der Waals surface area (Å²) in [6, 6.07) is 4.22. The molecule has 0 spiro atoms. The van der Waals surface area contributed by atoms with Crippen molar-refractivity contribution in [3.05, 3.63) is 55.4 Å². The summed E-state index contributed by atoms with van der Waals surface area (Å²) in [5.74, 6) is -0.126. The Morgan fingerprint density at radius 1 is 1.26 bits per heavy atom. The number of hydrogen-bond acceptors (Lipinski definition) is 4. The third-order valence-electron chi connectivity index (χ3n) is 4.74. The molecule has 1 atom stereocenters. The molecule has 1 saturated heterocycles. The van der Waals surface area contributed by atoms with Crippen molar-refractivity contribution in [3.8, 4) is 5.69 Å². The van der Waals surface area contributed by atoms with Crippen LogP contribution in [0, 0.1) is 11.7 Å². The number of nitrogens with one attached hydrogen (secondary N) is 1. The highest BCUT2D eigenvalue weighted by Gasteiger charge is 2.24. The summed E-state index contributed by atoms with van der Waals surface area (Å²) >= 11 is 0. The lowest BCUT2D eigenvalue weighted by Crippen LogP contribution is -2.43.